The van der Waals surface area contributed by atoms with Crippen molar-refractivity contribution < 1.29 is 5.21 Å². The molecule has 0 aliphatic heterocycles. The predicted octanol–water partition coefficient (Wildman–Crippen LogP) is 1.75. The summed E-state index contributed by atoms with van der Waals surface area (Å²) in [5.74, 6) is 0. The van der Waals surface area contributed by atoms with E-state index in [-0.39, 0.29) is 5.25 Å². The first-order chi connectivity index (χ1) is 8.88. The van der Waals surface area contributed by atoms with E-state index in [4.69, 9.17) is 5.21 Å². The topological polar surface area (TPSA) is 76.2 Å². The zero-order chi connectivity index (χ0) is 12.4. The minimum Gasteiger partial charge on any atom is -0.411 e. The first-order valence-corrected chi connectivity index (χ1v) is 6.48. The minimum atomic E-state index is 0.184. The van der Waals surface area contributed by atoms with Crippen LogP contribution in [0.1, 0.15) is 12.8 Å². The summed E-state index contributed by atoms with van der Waals surface area (Å²) in [6, 6.07) is 9.72. The Hall–Kier alpha value is -1.89. The summed E-state index contributed by atoms with van der Waals surface area (Å²) in [4.78, 5) is 0. The van der Waals surface area contributed by atoms with Gasteiger partial charge >= 0.3 is 0 Å². The van der Waals surface area contributed by atoms with Crippen LogP contribution >= 0.6 is 11.8 Å². The van der Waals surface area contributed by atoms with Gasteiger partial charge in [-0.05, 0) is 35.4 Å². The van der Waals surface area contributed by atoms with Gasteiger partial charge in [0.2, 0.25) is 5.16 Å². The third-order valence-corrected chi connectivity index (χ3v) is 4.11. The zero-order valence-corrected chi connectivity index (χ0v) is 10.3. The van der Waals surface area contributed by atoms with Gasteiger partial charge in [-0.3, -0.25) is 0 Å². The van der Waals surface area contributed by atoms with Crippen LogP contribution in [0.15, 0.2) is 40.6 Å². The normalized spacial score (nSPS) is 20.9. The maximum Gasteiger partial charge on any atom is 0.214 e. The van der Waals surface area contributed by atoms with Crippen molar-refractivity contribution in [3.05, 3.63) is 30.3 Å². The van der Waals surface area contributed by atoms with Gasteiger partial charge in [0.15, 0.2) is 0 Å². The molecule has 1 heterocycles. The number of thioether (sulfide) groups is 1. The number of nitrogens with zero attached hydrogens (tertiary/aromatic N) is 5. The zero-order valence-electron chi connectivity index (χ0n) is 9.47. The van der Waals surface area contributed by atoms with Crippen LogP contribution in [0.4, 0.5) is 0 Å². The summed E-state index contributed by atoms with van der Waals surface area (Å²) in [6.07, 6.45) is 1.84. The third kappa shape index (κ3) is 1.97. The second-order valence-electron chi connectivity index (χ2n) is 3.95. The molecule has 1 aromatic carbocycles. The lowest BCUT2D eigenvalue weighted by molar-refractivity contribution is 0.313. The molecule has 1 N–H and O–H groups in total. The predicted molar refractivity (Wildman–Crippen MR) is 67.3 cm³/mol. The highest BCUT2D eigenvalue weighted by atomic mass is 32.2. The summed E-state index contributed by atoms with van der Waals surface area (Å²) in [5, 5.41) is 24.7. The van der Waals surface area contributed by atoms with Crippen LogP contribution in [-0.4, -0.2) is 36.4 Å². The highest BCUT2D eigenvalue weighted by Crippen LogP contribution is 2.33. The van der Waals surface area contributed by atoms with Gasteiger partial charge in [-0.25, -0.2) is 0 Å². The smallest absolute Gasteiger partial charge is 0.214 e. The van der Waals surface area contributed by atoms with Gasteiger partial charge in [0.25, 0.3) is 0 Å². The van der Waals surface area contributed by atoms with Crippen LogP contribution in [-0.2, 0) is 0 Å². The monoisotopic (exact) mass is 261 g/mol. The SMILES string of the molecule is O/N=C1\CCC1Sc1nnnn1-c1ccccc1. The molecule has 0 spiro atoms. The van der Waals surface area contributed by atoms with Gasteiger partial charge < -0.3 is 5.21 Å². The molecule has 18 heavy (non-hydrogen) atoms. The quantitative estimate of drug-likeness (QED) is 0.673. The number of para-hydroxylation sites is 1. The van der Waals surface area contributed by atoms with E-state index in [1.165, 1.54) is 11.8 Å². The summed E-state index contributed by atoms with van der Waals surface area (Å²) >= 11 is 1.53. The Bertz CT molecular complexity index is 568. The fraction of sp³-hybridized carbons (Fsp3) is 0.273. The summed E-state index contributed by atoms with van der Waals surface area (Å²) in [6.45, 7) is 0. The molecule has 0 amide bonds. The molecule has 92 valence electrons. The minimum absolute atomic E-state index is 0.184. The Balaban J connectivity index is 1.84. The molecule has 1 unspecified atom stereocenters. The van der Waals surface area contributed by atoms with Crippen LogP contribution in [0, 0.1) is 0 Å². The van der Waals surface area contributed by atoms with Crippen molar-refractivity contribution in [3.8, 4) is 5.69 Å². The molecule has 1 aliphatic rings. The maximum absolute atomic E-state index is 8.79. The van der Waals surface area contributed by atoms with Gasteiger partial charge in [0.05, 0.1) is 16.6 Å². The summed E-state index contributed by atoms with van der Waals surface area (Å²) in [7, 11) is 0. The van der Waals surface area contributed by atoms with E-state index in [1.807, 2.05) is 30.3 Å². The van der Waals surface area contributed by atoms with Crippen molar-refractivity contribution in [1.82, 2.24) is 20.2 Å². The van der Waals surface area contributed by atoms with Crippen molar-refractivity contribution in [3.63, 3.8) is 0 Å². The van der Waals surface area contributed by atoms with Crippen molar-refractivity contribution in [2.75, 3.05) is 0 Å². The highest BCUT2D eigenvalue weighted by Gasteiger charge is 2.29. The largest absolute Gasteiger partial charge is 0.411 e. The standard InChI is InChI=1S/C11H11N5OS/c17-13-9-6-7-10(9)18-11-12-14-15-16(11)8-4-2-1-3-5-8/h1-5,10,17H,6-7H2/b13-9+. The van der Waals surface area contributed by atoms with E-state index in [9.17, 15) is 0 Å². The lowest BCUT2D eigenvalue weighted by Gasteiger charge is -2.25. The van der Waals surface area contributed by atoms with E-state index >= 15 is 0 Å². The van der Waals surface area contributed by atoms with E-state index < -0.39 is 0 Å². The maximum atomic E-state index is 8.79. The lowest BCUT2D eigenvalue weighted by atomic mass is 9.97. The number of oxime groups is 1. The number of hydrogen-bond acceptors (Lipinski definition) is 6. The first kappa shape index (κ1) is 11.2. The van der Waals surface area contributed by atoms with Crippen LogP contribution in [0.5, 0.6) is 0 Å². The third-order valence-electron chi connectivity index (χ3n) is 2.85. The number of hydrogen-bond donors (Lipinski definition) is 1. The molecule has 7 heteroatoms. The number of tetrazole rings is 1. The van der Waals surface area contributed by atoms with Crippen molar-refractivity contribution in [2.24, 2.45) is 5.16 Å². The van der Waals surface area contributed by atoms with Crippen molar-refractivity contribution in [2.45, 2.75) is 23.2 Å². The second kappa shape index (κ2) is 4.77. The van der Waals surface area contributed by atoms with Gasteiger partial charge in [-0.15, -0.1) is 5.10 Å². The second-order valence-corrected chi connectivity index (χ2v) is 5.12. The van der Waals surface area contributed by atoms with Gasteiger partial charge in [0, 0.05) is 0 Å². The molecular weight excluding hydrogens is 250 g/mol. The molecule has 0 bridgehead atoms. The number of rotatable bonds is 3. The molecule has 0 radical (unpaired) electrons. The molecule has 1 atom stereocenters. The van der Waals surface area contributed by atoms with E-state index in [0.717, 1.165) is 24.2 Å². The van der Waals surface area contributed by atoms with Gasteiger partial charge in [-0.1, -0.05) is 35.1 Å². The van der Waals surface area contributed by atoms with Crippen molar-refractivity contribution in [1.29, 1.82) is 0 Å². The molecule has 1 saturated carbocycles. The van der Waals surface area contributed by atoms with E-state index in [1.54, 1.807) is 4.68 Å². The fourth-order valence-electron chi connectivity index (χ4n) is 1.74. The average Bonchev–Trinajstić information content (AvgIpc) is 2.84. The Kier molecular flexibility index (Phi) is 2.97. The molecule has 1 aliphatic carbocycles. The number of benzene rings is 1. The summed E-state index contributed by atoms with van der Waals surface area (Å²) < 4.78 is 1.69. The molecular formula is C11H11N5OS. The van der Waals surface area contributed by atoms with Gasteiger partial charge in [0.1, 0.15) is 0 Å². The molecule has 0 saturated heterocycles. The molecule has 1 fully saturated rings. The Morgan fingerprint density at radius 2 is 2.17 bits per heavy atom. The summed E-state index contributed by atoms with van der Waals surface area (Å²) in [5.41, 5.74) is 1.73. The first-order valence-electron chi connectivity index (χ1n) is 5.60. The average molecular weight is 261 g/mol. The lowest BCUT2D eigenvalue weighted by Crippen LogP contribution is -2.29. The van der Waals surface area contributed by atoms with Crippen LogP contribution in [0.3, 0.4) is 0 Å². The Labute approximate surface area is 108 Å². The Morgan fingerprint density at radius 1 is 1.33 bits per heavy atom. The Morgan fingerprint density at radius 3 is 2.83 bits per heavy atom. The highest BCUT2D eigenvalue weighted by molar-refractivity contribution is 8.00. The molecule has 3 rings (SSSR count). The fourth-order valence-corrected chi connectivity index (χ4v) is 2.86. The molecule has 6 nitrogen and oxygen atoms in total. The molecule has 2 aromatic rings. The van der Waals surface area contributed by atoms with Crippen molar-refractivity contribution >= 4 is 17.5 Å². The van der Waals surface area contributed by atoms with E-state index in [0.29, 0.717) is 5.16 Å². The van der Waals surface area contributed by atoms with Crippen LogP contribution in [0.25, 0.3) is 5.69 Å². The van der Waals surface area contributed by atoms with Gasteiger partial charge in [-0.2, -0.15) is 4.68 Å². The van der Waals surface area contributed by atoms with Crippen LogP contribution < -0.4 is 0 Å². The molecule has 1 aromatic heterocycles. The number of aromatic nitrogens is 4. The van der Waals surface area contributed by atoms with Crippen LogP contribution in [0.2, 0.25) is 0 Å². The van der Waals surface area contributed by atoms with E-state index in [2.05, 4.69) is 20.7 Å².